The molecule has 1 aromatic carbocycles. The summed E-state index contributed by atoms with van der Waals surface area (Å²) in [6.45, 7) is 7.52. The maximum absolute atomic E-state index is 14.7. The monoisotopic (exact) mass is 396 g/mol. The van der Waals surface area contributed by atoms with Gasteiger partial charge in [0.2, 0.25) is 0 Å². The highest BCUT2D eigenvalue weighted by Crippen LogP contribution is 2.58. The van der Waals surface area contributed by atoms with Crippen molar-refractivity contribution >= 4 is 32.4 Å². The second-order valence-corrected chi connectivity index (χ2v) is 7.93. The van der Waals surface area contributed by atoms with E-state index >= 15 is 0 Å². The van der Waals surface area contributed by atoms with Crippen LogP contribution in [0.15, 0.2) is 23.3 Å². The molecule has 1 aliphatic carbocycles. The summed E-state index contributed by atoms with van der Waals surface area (Å²) >= 11 is 3.53. The third kappa shape index (κ3) is 1.93. The van der Waals surface area contributed by atoms with Gasteiger partial charge in [-0.3, -0.25) is 0 Å². The Morgan fingerprint density at radius 3 is 2.79 bits per heavy atom. The van der Waals surface area contributed by atoms with Gasteiger partial charge in [-0.1, -0.05) is 6.58 Å². The van der Waals surface area contributed by atoms with Gasteiger partial charge in [0.15, 0.2) is 6.23 Å². The molecule has 1 unspecified atom stereocenters. The van der Waals surface area contributed by atoms with E-state index in [9.17, 15) is 8.78 Å². The fourth-order valence-corrected chi connectivity index (χ4v) is 4.54. The average molecular weight is 397 g/mol. The van der Waals surface area contributed by atoms with E-state index in [1.807, 2.05) is 10.7 Å². The van der Waals surface area contributed by atoms with E-state index in [1.54, 1.807) is 20.0 Å². The van der Waals surface area contributed by atoms with Gasteiger partial charge >= 0.3 is 0 Å². The molecule has 1 aliphatic heterocycles. The number of ether oxygens (including phenoxy) is 1. The predicted molar refractivity (Wildman–Crippen MR) is 93.3 cm³/mol. The predicted octanol–water partition coefficient (Wildman–Crippen LogP) is 5.44. The number of hydrogen-bond acceptors (Lipinski definition) is 2. The second kappa shape index (κ2) is 5.11. The van der Waals surface area contributed by atoms with Crippen LogP contribution in [0.3, 0.4) is 0 Å². The van der Waals surface area contributed by atoms with E-state index in [0.29, 0.717) is 22.2 Å². The minimum absolute atomic E-state index is 0.127. The molecule has 3 nitrogen and oxygen atoms in total. The van der Waals surface area contributed by atoms with Gasteiger partial charge in [0.05, 0.1) is 17.1 Å². The largest absolute Gasteiger partial charge is 0.356 e. The smallest absolute Gasteiger partial charge is 0.282 e. The molecule has 0 amide bonds. The van der Waals surface area contributed by atoms with Gasteiger partial charge in [-0.15, -0.1) is 0 Å². The van der Waals surface area contributed by atoms with Crippen LogP contribution in [-0.2, 0) is 10.2 Å². The fourth-order valence-electron chi connectivity index (χ4n) is 3.78. The summed E-state index contributed by atoms with van der Waals surface area (Å²) in [5.74, 6) is -2.98. The Morgan fingerprint density at radius 2 is 2.12 bits per heavy atom. The molecule has 4 rings (SSSR count). The molecule has 2 aromatic rings. The van der Waals surface area contributed by atoms with Gasteiger partial charge in [-0.2, -0.15) is 5.10 Å². The van der Waals surface area contributed by atoms with Crippen molar-refractivity contribution in [1.82, 2.24) is 9.78 Å². The minimum atomic E-state index is -2.98. The molecular weight excluding hydrogens is 378 g/mol. The number of allylic oxidation sites excluding steroid dienone is 1. The van der Waals surface area contributed by atoms with Crippen molar-refractivity contribution in [3.8, 4) is 0 Å². The zero-order valence-electron chi connectivity index (χ0n) is 13.7. The number of aromatic nitrogens is 2. The van der Waals surface area contributed by atoms with Crippen LogP contribution in [0.5, 0.6) is 0 Å². The van der Waals surface area contributed by atoms with Crippen molar-refractivity contribution < 1.29 is 13.5 Å². The molecule has 2 aliphatic rings. The van der Waals surface area contributed by atoms with E-state index in [-0.39, 0.29) is 11.8 Å². The molecule has 1 atom stereocenters. The van der Waals surface area contributed by atoms with Gasteiger partial charge in [0.25, 0.3) is 5.92 Å². The highest BCUT2D eigenvalue weighted by molar-refractivity contribution is 9.10. The molecule has 1 saturated heterocycles. The van der Waals surface area contributed by atoms with Crippen LogP contribution in [-0.4, -0.2) is 22.3 Å². The number of hydrogen-bond donors (Lipinski definition) is 0. The molecule has 1 aromatic heterocycles. The summed E-state index contributed by atoms with van der Waals surface area (Å²) in [6, 6.07) is 1.84. The van der Waals surface area contributed by atoms with Gasteiger partial charge in [-0.05, 0) is 60.7 Å². The van der Waals surface area contributed by atoms with Crippen LogP contribution >= 0.6 is 15.9 Å². The second-order valence-electron chi connectivity index (χ2n) is 7.13. The van der Waals surface area contributed by atoms with Gasteiger partial charge in [-0.25, -0.2) is 13.5 Å². The molecule has 128 valence electrons. The van der Waals surface area contributed by atoms with Crippen molar-refractivity contribution in [2.45, 2.75) is 50.7 Å². The highest BCUT2D eigenvalue weighted by atomic mass is 79.9. The van der Waals surface area contributed by atoms with Gasteiger partial charge in [0, 0.05) is 27.6 Å². The molecule has 1 fully saturated rings. The van der Waals surface area contributed by atoms with Crippen LogP contribution in [0.1, 0.15) is 50.5 Å². The first-order valence-electron chi connectivity index (χ1n) is 8.16. The van der Waals surface area contributed by atoms with Crippen LogP contribution in [0.2, 0.25) is 0 Å². The number of halogens is 3. The number of alkyl halides is 2. The Kier molecular flexibility index (Phi) is 3.45. The summed E-state index contributed by atoms with van der Waals surface area (Å²) in [4.78, 5) is 0. The van der Waals surface area contributed by atoms with Crippen molar-refractivity contribution in [2.75, 3.05) is 6.61 Å². The van der Waals surface area contributed by atoms with E-state index in [1.165, 1.54) is 0 Å². The number of nitrogens with zero attached hydrogens (tertiary/aromatic N) is 2. The SMILES string of the molecule is C=C1c2c(cc3c(cnn3C3CCCCO3)c2Br)C(C)(C)C1(F)F. The van der Waals surface area contributed by atoms with Crippen molar-refractivity contribution in [3.63, 3.8) is 0 Å². The summed E-state index contributed by atoms with van der Waals surface area (Å²) in [7, 11) is 0. The van der Waals surface area contributed by atoms with Crippen LogP contribution in [0.4, 0.5) is 8.78 Å². The Bertz CT molecular complexity index is 850. The molecule has 0 bridgehead atoms. The number of rotatable bonds is 1. The molecule has 0 radical (unpaired) electrons. The fraction of sp³-hybridized carbons (Fsp3) is 0.500. The quantitative estimate of drug-likeness (QED) is 0.641. The van der Waals surface area contributed by atoms with E-state index in [0.717, 1.165) is 30.2 Å². The van der Waals surface area contributed by atoms with Crippen LogP contribution in [0.25, 0.3) is 16.5 Å². The van der Waals surface area contributed by atoms with Gasteiger partial charge in [0.1, 0.15) is 0 Å². The first-order valence-corrected chi connectivity index (χ1v) is 8.95. The lowest BCUT2D eigenvalue weighted by molar-refractivity contribution is -0.0367. The molecule has 0 spiro atoms. The maximum atomic E-state index is 14.7. The summed E-state index contributed by atoms with van der Waals surface area (Å²) < 4.78 is 37.8. The third-order valence-corrected chi connectivity index (χ3v) is 6.23. The zero-order chi connectivity index (χ0) is 17.3. The molecule has 6 heteroatoms. The molecular formula is C18H19BrF2N2O. The third-order valence-electron chi connectivity index (χ3n) is 5.41. The lowest BCUT2D eigenvalue weighted by Crippen LogP contribution is -2.35. The first-order chi connectivity index (χ1) is 11.3. The Morgan fingerprint density at radius 1 is 1.38 bits per heavy atom. The topological polar surface area (TPSA) is 27.1 Å². The lowest BCUT2D eigenvalue weighted by Gasteiger charge is -2.28. The Labute approximate surface area is 147 Å². The van der Waals surface area contributed by atoms with E-state index in [4.69, 9.17) is 4.74 Å². The summed E-state index contributed by atoms with van der Waals surface area (Å²) in [5, 5.41) is 5.29. The van der Waals surface area contributed by atoms with Crippen molar-refractivity contribution in [2.24, 2.45) is 0 Å². The Balaban J connectivity index is 1.96. The normalized spacial score (nSPS) is 25.2. The van der Waals surface area contributed by atoms with Crippen LogP contribution < -0.4 is 0 Å². The zero-order valence-corrected chi connectivity index (χ0v) is 15.3. The molecule has 0 saturated carbocycles. The molecule has 2 heterocycles. The maximum Gasteiger partial charge on any atom is 0.282 e. The summed E-state index contributed by atoms with van der Waals surface area (Å²) in [6.07, 6.45) is 4.60. The molecule has 0 N–H and O–H groups in total. The lowest BCUT2D eigenvalue weighted by atomic mass is 9.83. The molecule has 24 heavy (non-hydrogen) atoms. The number of fused-ring (bicyclic) bond motifs is 2. The Hall–Kier alpha value is -1.27. The minimum Gasteiger partial charge on any atom is -0.356 e. The number of benzene rings is 1. The van der Waals surface area contributed by atoms with Crippen LogP contribution in [0, 0.1) is 0 Å². The first kappa shape index (κ1) is 16.2. The standard InChI is InChI=1S/C18H19BrF2N2O/c1-10-15-12(17(2,3)18(10,20)21)8-13-11(16(15)19)9-22-23(13)14-6-4-5-7-24-14/h8-9,14H,1,4-7H2,2-3H3. The highest BCUT2D eigenvalue weighted by Gasteiger charge is 2.57. The van der Waals surface area contributed by atoms with Gasteiger partial charge < -0.3 is 4.74 Å². The van der Waals surface area contributed by atoms with Crippen molar-refractivity contribution in [3.05, 3.63) is 34.4 Å². The van der Waals surface area contributed by atoms with E-state index in [2.05, 4.69) is 27.6 Å². The average Bonchev–Trinajstić information content (AvgIpc) is 3.03. The summed E-state index contributed by atoms with van der Waals surface area (Å²) in [5.41, 5.74) is 0.513. The van der Waals surface area contributed by atoms with Crippen molar-refractivity contribution in [1.29, 1.82) is 0 Å². The van der Waals surface area contributed by atoms with E-state index < -0.39 is 11.3 Å².